The van der Waals surface area contributed by atoms with E-state index in [0.29, 0.717) is 12.1 Å². The van der Waals surface area contributed by atoms with Gasteiger partial charge in [0.1, 0.15) is 0 Å². The summed E-state index contributed by atoms with van der Waals surface area (Å²) in [5, 5.41) is 3.66. The third-order valence-electron chi connectivity index (χ3n) is 3.29. The van der Waals surface area contributed by atoms with Crippen LogP contribution in [0.1, 0.15) is 47.0 Å². The molecule has 0 spiro atoms. The van der Waals surface area contributed by atoms with Gasteiger partial charge in [0, 0.05) is 24.7 Å². The SMILES string of the molecule is CCCC1CN(C(C)C)C(C)CCN1. The quantitative estimate of drug-likeness (QED) is 0.748. The predicted octanol–water partition coefficient (Wildman–Crippen LogP) is 2.25. The molecule has 1 aliphatic rings. The monoisotopic (exact) mass is 198 g/mol. The van der Waals surface area contributed by atoms with Crippen molar-refractivity contribution in [3.63, 3.8) is 0 Å². The zero-order chi connectivity index (χ0) is 10.6. The Morgan fingerprint density at radius 2 is 2.14 bits per heavy atom. The third-order valence-corrected chi connectivity index (χ3v) is 3.29. The van der Waals surface area contributed by atoms with E-state index in [9.17, 15) is 0 Å². The van der Waals surface area contributed by atoms with Gasteiger partial charge in [0.25, 0.3) is 0 Å². The fourth-order valence-electron chi connectivity index (χ4n) is 2.42. The van der Waals surface area contributed by atoms with E-state index in [-0.39, 0.29) is 0 Å². The fraction of sp³-hybridized carbons (Fsp3) is 1.00. The number of hydrogen-bond donors (Lipinski definition) is 1. The highest BCUT2D eigenvalue weighted by molar-refractivity contribution is 4.82. The van der Waals surface area contributed by atoms with E-state index < -0.39 is 0 Å². The van der Waals surface area contributed by atoms with Crippen LogP contribution in [0.3, 0.4) is 0 Å². The molecule has 2 nitrogen and oxygen atoms in total. The maximum atomic E-state index is 3.66. The molecule has 1 fully saturated rings. The van der Waals surface area contributed by atoms with E-state index >= 15 is 0 Å². The molecule has 1 rings (SSSR count). The Hall–Kier alpha value is -0.0800. The molecule has 14 heavy (non-hydrogen) atoms. The summed E-state index contributed by atoms with van der Waals surface area (Å²) in [7, 11) is 0. The Labute approximate surface area is 89.1 Å². The standard InChI is InChI=1S/C12H26N2/c1-5-6-12-9-14(10(2)3)11(4)7-8-13-12/h10-13H,5-9H2,1-4H3. The van der Waals surface area contributed by atoms with E-state index in [1.165, 1.54) is 32.4 Å². The Bertz CT molecular complexity index is 156. The number of nitrogens with one attached hydrogen (secondary N) is 1. The summed E-state index contributed by atoms with van der Waals surface area (Å²) in [6.07, 6.45) is 3.90. The zero-order valence-corrected chi connectivity index (χ0v) is 10.2. The van der Waals surface area contributed by atoms with E-state index in [0.717, 1.165) is 6.04 Å². The van der Waals surface area contributed by atoms with Crippen LogP contribution in [-0.4, -0.2) is 36.1 Å². The van der Waals surface area contributed by atoms with Gasteiger partial charge in [-0.25, -0.2) is 0 Å². The summed E-state index contributed by atoms with van der Waals surface area (Å²) < 4.78 is 0. The van der Waals surface area contributed by atoms with Crippen molar-refractivity contribution in [2.24, 2.45) is 0 Å². The van der Waals surface area contributed by atoms with Gasteiger partial charge in [0.05, 0.1) is 0 Å². The molecule has 0 aromatic heterocycles. The molecule has 0 radical (unpaired) electrons. The number of nitrogens with zero attached hydrogens (tertiary/aromatic N) is 1. The average Bonchev–Trinajstić information content (AvgIpc) is 2.29. The zero-order valence-electron chi connectivity index (χ0n) is 10.2. The first-order chi connectivity index (χ1) is 6.65. The van der Waals surface area contributed by atoms with Crippen LogP contribution in [0.5, 0.6) is 0 Å². The van der Waals surface area contributed by atoms with Crippen molar-refractivity contribution in [2.45, 2.75) is 65.1 Å². The van der Waals surface area contributed by atoms with Crippen LogP contribution in [0.2, 0.25) is 0 Å². The molecular formula is C12H26N2. The smallest absolute Gasteiger partial charge is 0.0195 e. The van der Waals surface area contributed by atoms with Gasteiger partial charge in [-0.05, 0) is 40.2 Å². The minimum atomic E-state index is 0.684. The second-order valence-corrected chi connectivity index (χ2v) is 4.87. The fourth-order valence-corrected chi connectivity index (χ4v) is 2.42. The van der Waals surface area contributed by atoms with Crippen molar-refractivity contribution >= 4 is 0 Å². The highest BCUT2D eigenvalue weighted by atomic mass is 15.2. The molecule has 0 saturated carbocycles. The van der Waals surface area contributed by atoms with Gasteiger partial charge in [-0.15, -0.1) is 0 Å². The lowest BCUT2D eigenvalue weighted by Crippen LogP contribution is -2.43. The summed E-state index contributed by atoms with van der Waals surface area (Å²) in [6, 6.07) is 2.14. The molecule has 0 aromatic carbocycles. The summed E-state index contributed by atoms with van der Waals surface area (Å²) in [4.78, 5) is 2.64. The molecule has 0 amide bonds. The third kappa shape index (κ3) is 3.25. The van der Waals surface area contributed by atoms with Crippen LogP contribution in [0.25, 0.3) is 0 Å². The molecule has 0 aliphatic carbocycles. The maximum Gasteiger partial charge on any atom is 0.0195 e. The lowest BCUT2D eigenvalue weighted by molar-refractivity contribution is 0.158. The van der Waals surface area contributed by atoms with Gasteiger partial charge < -0.3 is 5.32 Å². The van der Waals surface area contributed by atoms with Gasteiger partial charge in [0.2, 0.25) is 0 Å². The molecule has 2 heteroatoms. The highest BCUT2D eigenvalue weighted by Gasteiger charge is 2.23. The molecule has 1 aliphatic heterocycles. The van der Waals surface area contributed by atoms with Crippen LogP contribution in [-0.2, 0) is 0 Å². The van der Waals surface area contributed by atoms with E-state index in [4.69, 9.17) is 0 Å². The summed E-state index contributed by atoms with van der Waals surface area (Å²) in [5.74, 6) is 0. The topological polar surface area (TPSA) is 15.3 Å². The summed E-state index contributed by atoms with van der Waals surface area (Å²) in [5.41, 5.74) is 0. The van der Waals surface area contributed by atoms with Crippen molar-refractivity contribution in [1.82, 2.24) is 10.2 Å². The molecule has 0 bridgehead atoms. The molecule has 0 aromatic rings. The van der Waals surface area contributed by atoms with Gasteiger partial charge in [-0.1, -0.05) is 13.3 Å². The van der Waals surface area contributed by atoms with Crippen LogP contribution in [0, 0.1) is 0 Å². The Kier molecular flexibility index (Phi) is 4.90. The summed E-state index contributed by atoms with van der Waals surface area (Å²) >= 11 is 0. The van der Waals surface area contributed by atoms with Gasteiger partial charge in [0.15, 0.2) is 0 Å². The lowest BCUT2D eigenvalue weighted by Gasteiger charge is -2.32. The molecule has 1 heterocycles. The van der Waals surface area contributed by atoms with Crippen molar-refractivity contribution in [3.05, 3.63) is 0 Å². The van der Waals surface area contributed by atoms with E-state index in [2.05, 4.69) is 37.9 Å². The van der Waals surface area contributed by atoms with Crippen LogP contribution >= 0.6 is 0 Å². The average molecular weight is 198 g/mol. The number of hydrogen-bond acceptors (Lipinski definition) is 2. The molecular weight excluding hydrogens is 172 g/mol. The van der Waals surface area contributed by atoms with Crippen molar-refractivity contribution in [2.75, 3.05) is 13.1 Å². The Morgan fingerprint density at radius 3 is 2.71 bits per heavy atom. The molecule has 1 N–H and O–H groups in total. The molecule has 2 atom stereocenters. The largest absolute Gasteiger partial charge is 0.313 e. The second kappa shape index (κ2) is 5.72. The van der Waals surface area contributed by atoms with Crippen molar-refractivity contribution in [1.29, 1.82) is 0 Å². The van der Waals surface area contributed by atoms with E-state index in [1.54, 1.807) is 0 Å². The minimum absolute atomic E-state index is 0.684. The van der Waals surface area contributed by atoms with Crippen molar-refractivity contribution in [3.8, 4) is 0 Å². The normalized spacial score (nSPS) is 30.6. The first kappa shape index (κ1) is 12.0. The molecule has 84 valence electrons. The van der Waals surface area contributed by atoms with Crippen molar-refractivity contribution < 1.29 is 0 Å². The Morgan fingerprint density at radius 1 is 1.43 bits per heavy atom. The Balaban J connectivity index is 2.53. The van der Waals surface area contributed by atoms with Gasteiger partial charge >= 0.3 is 0 Å². The van der Waals surface area contributed by atoms with Crippen LogP contribution < -0.4 is 5.32 Å². The van der Waals surface area contributed by atoms with Gasteiger partial charge in [-0.2, -0.15) is 0 Å². The predicted molar refractivity (Wildman–Crippen MR) is 62.6 cm³/mol. The first-order valence-corrected chi connectivity index (χ1v) is 6.14. The number of rotatable bonds is 3. The first-order valence-electron chi connectivity index (χ1n) is 6.14. The summed E-state index contributed by atoms with van der Waals surface area (Å²) in [6.45, 7) is 11.7. The van der Waals surface area contributed by atoms with Gasteiger partial charge in [-0.3, -0.25) is 4.90 Å². The van der Waals surface area contributed by atoms with E-state index in [1.807, 2.05) is 0 Å². The molecule has 2 unspecified atom stereocenters. The second-order valence-electron chi connectivity index (χ2n) is 4.87. The molecule has 1 saturated heterocycles. The lowest BCUT2D eigenvalue weighted by atomic mass is 10.1. The minimum Gasteiger partial charge on any atom is -0.313 e. The van der Waals surface area contributed by atoms with Crippen LogP contribution in [0.15, 0.2) is 0 Å². The maximum absolute atomic E-state index is 3.66. The van der Waals surface area contributed by atoms with Crippen LogP contribution in [0.4, 0.5) is 0 Å². The highest BCUT2D eigenvalue weighted by Crippen LogP contribution is 2.14.